The standard InChI is InChI=1S/C18H25N5O/c1-12-10-19-11-15(20-12)13-5-7-23(8-6-13)17(24)14-9-16(22-21-14)18(2,3)4/h9-11,13H,5-8H2,1-4H3,(H,21,22). The molecule has 1 amide bonds. The van der Waals surface area contributed by atoms with E-state index >= 15 is 0 Å². The predicted octanol–water partition coefficient (Wildman–Crippen LogP) is 2.83. The highest BCUT2D eigenvalue weighted by Gasteiger charge is 2.27. The molecule has 1 N–H and O–H groups in total. The fourth-order valence-electron chi connectivity index (χ4n) is 3.04. The third-order valence-electron chi connectivity index (χ3n) is 4.58. The molecule has 0 bridgehead atoms. The van der Waals surface area contributed by atoms with Crippen molar-refractivity contribution in [2.75, 3.05) is 13.1 Å². The highest BCUT2D eigenvalue weighted by Crippen LogP contribution is 2.27. The van der Waals surface area contributed by atoms with Crippen LogP contribution < -0.4 is 0 Å². The highest BCUT2D eigenvalue weighted by atomic mass is 16.2. The molecule has 0 aromatic carbocycles. The Hall–Kier alpha value is -2.24. The first-order valence-corrected chi connectivity index (χ1v) is 8.48. The summed E-state index contributed by atoms with van der Waals surface area (Å²) >= 11 is 0. The molecule has 0 atom stereocenters. The molecule has 0 radical (unpaired) electrons. The quantitative estimate of drug-likeness (QED) is 0.920. The third kappa shape index (κ3) is 3.47. The Labute approximate surface area is 142 Å². The van der Waals surface area contributed by atoms with Gasteiger partial charge in [-0.15, -0.1) is 0 Å². The number of hydrogen-bond acceptors (Lipinski definition) is 4. The van der Waals surface area contributed by atoms with Crippen LogP contribution in [0, 0.1) is 6.92 Å². The van der Waals surface area contributed by atoms with E-state index < -0.39 is 0 Å². The molecule has 0 spiro atoms. The number of aryl methyl sites for hydroxylation is 1. The number of aromatic nitrogens is 4. The second-order valence-corrected chi connectivity index (χ2v) is 7.57. The average molecular weight is 327 g/mol. The number of likely N-dealkylation sites (tertiary alicyclic amines) is 1. The Morgan fingerprint density at radius 2 is 1.96 bits per heavy atom. The van der Waals surface area contributed by atoms with Gasteiger partial charge in [-0.1, -0.05) is 20.8 Å². The van der Waals surface area contributed by atoms with E-state index in [2.05, 4.69) is 40.9 Å². The van der Waals surface area contributed by atoms with Crippen LogP contribution in [-0.4, -0.2) is 44.1 Å². The summed E-state index contributed by atoms with van der Waals surface area (Å²) < 4.78 is 0. The normalized spacial score (nSPS) is 16.4. The molecule has 1 fully saturated rings. The number of carbonyl (C=O) groups excluding carboxylic acids is 1. The van der Waals surface area contributed by atoms with Crippen molar-refractivity contribution in [1.29, 1.82) is 0 Å². The van der Waals surface area contributed by atoms with Crippen LogP contribution in [0.15, 0.2) is 18.5 Å². The van der Waals surface area contributed by atoms with Crippen LogP contribution in [0.1, 0.15) is 67.1 Å². The van der Waals surface area contributed by atoms with Crippen LogP contribution in [-0.2, 0) is 5.41 Å². The van der Waals surface area contributed by atoms with Crippen molar-refractivity contribution in [2.45, 2.75) is 51.9 Å². The fraction of sp³-hybridized carbons (Fsp3) is 0.556. The molecule has 0 saturated carbocycles. The maximum absolute atomic E-state index is 12.7. The molecule has 1 aliphatic heterocycles. The van der Waals surface area contributed by atoms with Crippen molar-refractivity contribution < 1.29 is 4.79 Å². The van der Waals surface area contributed by atoms with Gasteiger partial charge in [-0.25, -0.2) is 0 Å². The first kappa shape index (κ1) is 16.6. The number of carbonyl (C=O) groups is 1. The number of hydrogen-bond donors (Lipinski definition) is 1. The van der Waals surface area contributed by atoms with Crippen molar-refractivity contribution >= 4 is 5.91 Å². The summed E-state index contributed by atoms with van der Waals surface area (Å²) in [5, 5.41) is 7.20. The minimum absolute atomic E-state index is 0.00975. The van der Waals surface area contributed by atoms with E-state index in [1.54, 1.807) is 6.20 Å². The lowest BCUT2D eigenvalue weighted by atomic mass is 9.92. The molecule has 0 unspecified atom stereocenters. The maximum Gasteiger partial charge on any atom is 0.274 e. The zero-order valence-electron chi connectivity index (χ0n) is 14.8. The fourth-order valence-corrected chi connectivity index (χ4v) is 3.04. The molecule has 2 aromatic rings. The molecule has 3 rings (SSSR count). The number of H-pyrrole nitrogens is 1. The maximum atomic E-state index is 12.7. The van der Waals surface area contributed by atoms with Gasteiger partial charge in [0.25, 0.3) is 5.91 Å². The Morgan fingerprint density at radius 1 is 1.25 bits per heavy atom. The van der Waals surface area contributed by atoms with E-state index in [1.807, 2.05) is 24.1 Å². The number of nitrogens with zero attached hydrogens (tertiary/aromatic N) is 4. The van der Waals surface area contributed by atoms with Gasteiger partial charge in [0.05, 0.1) is 11.4 Å². The zero-order valence-corrected chi connectivity index (χ0v) is 14.8. The van der Waals surface area contributed by atoms with Crippen molar-refractivity contribution in [3.05, 3.63) is 41.2 Å². The summed E-state index contributed by atoms with van der Waals surface area (Å²) in [6, 6.07) is 1.88. The van der Waals surface area contributed by atoms with Crippen molar-refractivity contribution in [3.63, 3.8) is 0 Å². The van der Waals surface area contributed by atoms with Crippen LogP contribution in [0.25, 0.3) is 0 Å². The van der Waals surface area contributed by atoms with Gasteiger partial charge in [-0.2, -0.15) is 5.10 Å². The summed E-state index contributed by atoms with van der Waals surface area (Å²) in [6.45, 7) is 9.72. The molecular weight excluding hydrogens is 302 g/mol. The molecule has 2 aromatic heterocycles. The lowest BCUT2D eigenvalue weighted by Crippen LogP contribution is -2.38. The monoisotopic (exact) mass is 327 g/mol. The Kier molecular flexibility index (Phi) is 4.39. The molecule has 24 heavy (non-hydrogen) atoms. The topological polar surface area (TPSA) is 74.8 Å². The third-order valence-corrected chi connectivity index (χ3v) is 4.58. The largest absolute Gasteiger partial charge is 0.337 e. The first-order chi connectivity index (χ1) is 11.3. The van der Waals surface area contributed by atoms with Crippen LogP contribution in [0.5, 0.6) is 0 Å². The molecule has 6 heteroatoms. The average Bonchev–Trinajstić information content (AvgIpc) is 3.04. The van der Waals surface area contributed by atoms with Crippen molar-refractivity contribution in [3.8, 4) is 0 Å². The first-order valence-electron chi connectivity index (χ1n) is 8.48. The summed E-state index contributed by atoms with van der Waals surface area (Å²) in [7, 11) is 0. The Bertz CT molecular complexity index is 723. The SMILES string of the molecule is Cc1cncc(C2CCN(C(=O)c3cc(C(C)(C)C)[nH]n3)CC2)n1. The van der Waals surface area contributed by atoms with Gasteiger partial charge in [0.2, 0.25) is 0 Å². The van der Waals surface area contributed by atoms with Gasteiger partial charge < -0.3 is 4.90 Å². The molecule has 1 aliphatic rings. The van der Waals surface area contributed by atoms with Crippen LogP contribution in [0.2, 0.25) is 0 Å². The molecule has 128 valence electrons. The highest BCUT2D eigenvalue weighted by molar-refractivity contribution is 5.92. The lowest BCUT2D eigenvalue weighted by molar-refractivity contribution is 0.0706. The molecule has 3 heterocycles. The number of amides is 1. The number of aromatic amines is 1. The van der Waals surface area contributed by atoms with Crippen molar-refractivity contribution in [1.82, 2.24) is 25.1 Å². The summed E-state index contributed by atoms with van der Waals surface area (Å²) in [5.41, 5.74) is 3.43. The van der Waals surface area contributed by atoms with Gasteiger partial charge in [0.1, 0.15) is 5.69 Å². The Morgan fingerprint density at radius 3 is 2.54 bits per heavy atom. The van der Waals surface area contributed by atoms with Crippen LogP contribution >= 0.6 is 0 Å². The minimum Gasteiger partial charge on any atom is -0.337 e. The Balaban J connectivity index is 1.64. The molecule has 6 nitrogen and oxygen atoms in total. The van der Waals surface area contributed by atoms with Crippen LogP contribution in [0.4, 0.5) is 0 Å². The van der Waals surface area contributed by atoms with E-state index in [4.69, 9.17) is 0 Å². The summed E-state index contributed by atoms with van der Waals surface area (Å²) in [4.78, 5) is 23.3. The van der Waals surface area contributed by atoms with Gasteiger partial charge >= 0.3 is 0 Å². The zero-order chi connectivity index (χ0) is 17.3. The summed E-state index contributed by atoms with van der Waals surface area (Å²) in [6.07, 6.45) is 5.45. The van der Waals surface area contributed by atoms with Gasteiger partial charge in [0.15, 0.2) is 0 Å². The smallest absolute Gasteiger partial charge is 0.274 e. The van der Waals surface area contributed by atoms with E-state index in [0.717, 1.165) is 43.0 Å². The van der Waals surface area contributed by atoms with E-state index in [0.29, 0.717) is 11.6 Å². The van der Waals surface area contributed by atoms with Crippen molar-refractivity contribution in [2.24, 2.45) is 0 Å². The lowest BCUT2D eigenvalue weighted by Gasteiger charge is -2.31. The van der Waals surface area contributed by atoms with E-state index in [9.17, 15) is 4.79 Å². The van der Waals surface area contributed by atoms with E-state index in [1.165, 1.54) is 0 Å². The van der Waals surface area contributed by atoms with E-state index in [-0.39, 0.29) is 11.3 Å². The second-order valence-electron chi connectivity index (χ2n) is 7.57. The number of piperidine rings is 1. The second kappa shape index (κ2) is 6.34. The predicted molar refractivity (Wildman–Crippen MR) is 91.9 cm³/mol. The van der Waals surface area contributed by atoms with Gasteiger partial charge in [-0.05, 0) is 25.8 Å². The molecule has 0 aliphatic carbocycles. The van der Waals surface area contributed by atoms with Crippen LogP contribution in [0.3, 0.4) is 0 Å². The van der Waals surface area contributed by atoms with Gasteiger partial charge in [-0.3, -0.25) is 19.9 Å². The number of nitrogens with one attached hydrogen (secondary N) is 1. The summed E-state index contributed by atoms with van der Waals surface area (Å²) in [5.74, 6) is 0.390. The van der Waals surface area contributed by atoms with Gasteiger partial charge in [0, 0.05) is 42.5 Å². The minimum atomic E-state index is -0.0393. The molecular formula is C18H25N5O. The molecule has 1 saturated heterocycles. The number of rotatable bonds is 2.